The maximum Gasteiger partial charge on any atom is 0.242 e. The zero-order valence-electron chi connectivity index (χ0n) is 8.60. The second kappa shape index (κ2) is 6.78. The SMILES string of the molecule is CCOCCC(=O)N/N=C/c1ccco1. The molecule has 5 heteroatoms. The van der Waals surface area contributed by atoms with Crippen LogP contribution in [0.4, 0.5) is 0 Å². The molecule has 0 fully saturated rings. The Morgan fingerprint density at radius 1 is 1.73 bits per heavy atom. The van der Waals surface area contributed by atoms with Gasteiger partial charge in [-0.25, -0.2) is 5.43 Å². The Morgan fingerprint density at radius 3 is 3.27 bits per heavy atom. The van der Waals surface area contributed by atoms with Crippen molar-refractivity contribution in [2.75, 3.05) is 13.2 Å². The summed E-state index contributed by atoms with van der Waals surface area (Å²) in [7, 11) is 0. The number of carbonyl (C=O) groups is 1. The number of hydrogen-bond acceptors (Lipinski definition) is 4. The van der Waals surface area contributed by atoms with Crippen molar-refractivity contribution in [2.45, 2.75) is 13.3 Å². The molecule has 0 radical (unpaired) electrons. The number of ether oxygens (including phenoxy) is 1. The molecule has 5 nitrogen and oxygen atoms in total. The van der Waals surface area contributed by atoms with Crippen molar-refractivity contribution in [3.8, 4) is 0 Å². The fourth-order valence-electron chi connectivity index (χ4n) is 0.898. The van der Waals surface area contributed by atoms with E-state index in [2.05, 4.69) is 10.5 Å². The second-order valence-corrected chi connectivity index (χ2v) is 2.76. The fourth-order valence-corrected chi connectivity index (χ4v) is 0.898. The molecule has 0 aliphatic rings. The quantitative estimate of drug-likeness (QED) is 0.435. The van der Waals surface area contributed by atoms with Crippen molar-refractivity contribution < 1.29 is 13.9 Å². The van der Waals surface area contributed by atoms with E-state index in [0.29, 0.717) is 25.4 Å². The van der Waals surface area contributed by atoms with Gasteiger partial charge in [0.15, 0.2) is 0 Å². The summed E-state index contributed by atoms with van der Waals surface area (Å²) in [6.45, 7) is 2.91. The van der Waals surface area contributed by atoms with Crippen LogP contribution in [0, 0.1) is 0 Å². The van der Waals surface area contributed by atoms with Crippen molar-refractivity contribution >= 4 is 12.1 Å². The van der Waals surface area contributed by atoms with Gasteiger partial charge in [-0.1, -0.05) is 0 Å². The first-order chi connectivity index (χ1) is 7.33. The molecular formula is C10H14N2O3. The van der Waals surface area contributed by atoms with Crippen LogP contribution in [0.3, 0.4) is 0 Å². The lowest BCUT2D eigenvalue weighted by atomic mass is 10.4. The Morgan fingerprint density at radius 2 is 2.60 bits per heavy atom. The van der Waals surface area contributed by atoms with Crippen LogP contribution >= 0.6 is 0 Å². The first-order valence-electron chi connectivity index (χ1n) is 4.76. The summed E-state index contributed by atoms with van der Waals surface area (Å²) in [5, 5.41) is 3.72. The van der Waals surface area contributed by atoms with Gasteiger partial charge in [0.25, 0.3) is 0 Å². The van der Waals surface area contributed by atoms with Crippen molar-refractivity contribution in [2.24, 2.45) is 5.10 Å². The van der Waals surface area contributed by atoms with Gasteiger partial charge in [-0.15, -0.1) is 0 Å². The smallest absolute Gasteiger partial charge is 0.242 e. The van der Waals surface area contributed by atoms with Crippen molar-refractivity contribution in [3.63, 3.8) is 0 Å². The molecule has 82 valence electrons. The minimum absolute atomic E-state index is 0.175. The molecule has 1 aromatic rings. The number of hydrazone groups is 1. The van der Waals surface area contributed by atoms with Crippen LogP contribution in [-0.4, -0.2) is 25.3 Å². The summed E-state index contributed by atoms with van der Waals surface area (Å²) >= 11 is 0. The lowest BCUT2D eigenvalue weighted by Gasteiger charge is -1.99. The van der Waals surface area contributed by atoms with E-state index in [1.54, 1.807) is 12.1 Å². The highest BCUT2D eigenvalue weighted by atomic mass is 16.5. The van der Waals surface area contributed by atoms with E-state index in [9.17, 15) is 4.79 Å². The maximum atomic E-state index is 11.1. The van der Waals surface area contributed by atoms with E-state index in [0.717, 1.165) is 0 Å². The highest BCUT2D eigenvalue weighted by Crippen LogP contribution is 1.94. The van der Waals surface area contributed by atoms with Crippen LogP contribution in [0.15, 0.2) is 27.9 Å². The molecule has 0 unspecified atom stereocenters. The average molecular weight is 210 g/mol. The number of rotatable bonds is 6. The Kier molecular flexibility index (Phi) is 5.18. The molecule has 1 aromatic heterocycles. The molecule has 0 saturated heterocycles. The van der Waals surface area contributed by atoms with Gasteiger partial charge in [-0.05, 0) is 19.1 Å². The Labute approximate surface area is 88.1 Å². The average Bonchev–Trinajstić information content (AvgIpc) is 2.71. The van der Waals surface area contributed by atoms with Gasteiger partial charge in [-0.2, -0.15) is 5.10 Å². The third-order valence-corrected chi connectivity index (χ3v) is 1.60. The zero-order valence-corrected chi connectivity index (χ0v) is 8.60. The molecule has 1 N–H and O–H groups in total. The predicted molar refractivity (Wildman–Crippen MR) is 55.6 cm³/mol. The second-order valence-electron chi connectivity index (χ2n) is 2.76. The molecule has 0 aliphatic heterocycles. The van der Waals surface area contributed by atoms with Crippen LogP contribution in [-0.2, 0) is 9.53 Å². The van der Waals surface area contributed by atoms with Gasteiger partial charge in [0.2, 0.25) is 5.91 Å². The van der Waals surface area contributed by atoms with Gasteiger partial charge in [0, 0.05) is 6.61 Å². The van der Waals surface area contributed by atoms with E-state index in [1.807, 2.05) is 6.92 Å². The number of amides is 1. The summed E-state index contributed by atoms with van der Waals surface area (Å²) in [6, 6.07) is 3.49. The summed E-state index contributed by atoms with van der Waals surface area (Å²) in [5.41, 5.74) is 2.37. The van der Waals surface area contributed by atoms with Crippen molar-refractivity contribution in [1.29, 1.82) is 0 Å². The molecule has 1 heterocycles. The van der Waals surface area contributed by atoms with Crippen LogP contribution in [0.25, 0.3) is 0 Å². The van der Waals surface area contributed by atoms with Crippen LogP contribution in [0.2, 0.25) is 0 Å². The van der Waals surface area contributed by atoms with Crippen LogP contribution < -0.4 is 5.43 Å². The number of nitrogens with zero attached hydrogens (tertiary/aromatic N) is 1. The number of nitrogens with one attached hydrogen (secondary N) is 1. The minimum atomic E-state index is -0.175. The monoisotopic (exact) mass is 210 g/mol. The van der Waals surface area contributed by atoms with Gasteiger partial charge in [-0.3, -0.25) is 4.79 Å². The first-order valence-corrected chi connectivity index (χ1v) is 4.76. The number of hydrogen-bond donors (Lipinski definition) is 1. The van der Waals surface area contributed by atoms with E-state index in [-0.39, 0.29) is 5.91 Å². The number of carbonyl (C=O) groups excluding carboxylic acids is 1. The van der Waals surface area contributed by atoms with E-state index >= 15 is 0 Å². The molecular weight excluding hydrogens is 196 g/mol. The topological polar surface area (TPSA) is 63.8 Å². The highest BCUT2D eigenvalue weighted by Gasteiger charge is 1.98. The third kappa shape index (κ3) is 4.97. The van der Waals surface area contributed by atoms with Gasteiger partial charge >= 0.3 is 0 Å². The summed E-state index contributed by atoms with van der Waals surface area (Å²) in [4.78, 5) is 11.1. The van der Waals surface area contributed by atoms with E-state index in [1.165, 1.54) is 12.5 Å². The standard InChI is InChI=1S/C10H14N2O3/c1-2-14-7-5-10(13)12-11-8-9-4-3-6-15-9/h3-4,6,8H,2,5,7H2,1H3,(H,12,13)/b11-8+. The fraction of sp³-hybridized carbons (Fsp3) is 0.400. The predicted octanol–water partition coefficient (Wildman–Crippen LogP) is 1.16. The normalized spacial score (nSPS) is 10.7. The molecule has 0 bridgehead atoms. The van der Waals surface area contributed by atoms with Crippen molar-refractivity contribution in [1.82, 2.24) is 5.43 Å². The van der Waals surface area contributed by atoms with Crippen molar-refractivity contribution in [3.05, 3.63) is 24.2 Å². The first kappa shape index (κ1) is 11.5. The highest BCUT2D eigenvalue weighted by molar-refractivity contribution is 5.80. The summed E-state index contributed by atoms with van der Waals surface area (Å²) in [6.07, 6.45) is 3.29. The van der Waals surface area contributed by atoms with Gasteiger partial charge in [0.1, 0.15) is 5.76 Å². The number of furan rings is 1. The largest absolute Gasteiger partial charge is 0.463 e. The van der Waals surface area contributed by atoms with Crippen LogP contribution in [0.5, 0.6) is 0 Å². The lowest BCUT2D eigenvalue weighted by Crippen LogP contribution is -2.19. The van der Waals surface area contributed by atoms with Crippen LogP contribution in [0.1, 0.15) is 19.1 Å². The molecule has 0 aromatic carbocycles. The van der Waals surface area contributed by atoms with Gasteiger partial charge < -0.3 is 9.15 Å². The summed E-state index contributed by atoms with van der Waals surface area (Å²) in [5.74, 6) is 0.423. The lowest BCUT2D eigenvalue weighted by molar-refractivity contribution is -0.122. The summed E-state index contributed by atoms with van der Waals surface area (Å²) < 4.78 is 10.0. The molecule has 0 spiro atoms. The van der Waals surface area contributed by atoms with Gasteiger partial charge in [0.05, 0.1) is 25.5 Å². The molecule has 0 saturated carbocycles. The molecule has 0 atom stereocenters. The van der Waals surface area contributed by atoms with E-state index < -0.39 is 0 Å². The molecule has 0 aliphatic carbocycles. The molecule has 1 amide bonds. The minimum Gasteiger partial charge on any atom is -0.463 e. The molecule has 15 heavy (non-hydrogen) atoms. The van der Waals surface area contributed by atoms with E-state index in [4.69, 9.17) is 9.15 Å². The zero-order chi connectivity index (χ0) is 10.9. The third-order valence-electron chi connectivity index (χ3n) is 1.60. The Hall–Kier alpha value is -1.62. The Bertz CT molecular complexity index is 306. The Balaban J connectivity index is 2.16. The maximum absolute atomic E-state index is 11.1. The molecule has 1 rings (SSSR count).